The first-order valence-corrected chi connectivity index (χ1v) is 12.2. The second-order valence-electron chi connectivity index (χ2n) is 8.02. The molecule has 1 fully saturated rings. The molecule has 32 heavy (non-hydrogen) atoms. The number of anilines is 2. The molecule has 0 amide bonds. The summed E-state index contributed by atoms with van der Waals surface area (Å²) in [7, 11) is -2.44. The van der Waals surface area contributed by atoms with Gasteiger partial charge >= 0.3 is 0 Å². The quantitative estimate of drug-likeness (QED) is 0.542. The van der Waals surface area contributed by atoms with E-state index >= 15 is 0 Å². The molecule has 2 atom stereocenters. The minimum atomic E-state index is -3.95. The van der Waals surface area contributed by atoms with E-state index in [2.05, 4.69) is 28.8 Å². The zero-order valence-electron chi connectivity index (χ0n) is 18.1. The van der Waals surface area contributed by atoms with Crippen LogP contribution in [-0.2, 0) is 10.0 Å². The molecule has 1 saturated heterocycles. The van der Waals surface area contributed by atoms with Crippen molar-refractivity contribution >= 4 is 33.0 Å². The molecule has 0 radical (unpaired) electrons. The minimum Gasteiger partial charge on any atom is -0.495 e. The average molecular weight is 476 g/mol. The number of hydrogen-bond acceptors (Lipinski definition) is 6. The number of rotatable bonds is 6. The second-order valence-corrected chi connectivity index (χ2v) is 10.1. The van der Waals surface area contributed by atoms with E-state index in [4.69, 9.17) is 20.8 Å². The number of hydrogen-bond donors (Lipinski definition) is 2. The van der Waals surface area contributed by atoms with Crippen molar-refractivity contribution in [1.29, 1.82) is 0 Å². The first-order valence-electron chi connectivity index (χ1n) is 10.3. The molecule has 9 heteroatoms. The van der Waals surface area contributed by atoms with Gasteiger partial charge in [-0.25, -0.2) is 8.42 Å². The highest BCUT2D eigenvalue weighted by Crippen LogP contribution is 2.34. The summed E-state index contributed by atoms with van der Waals surface area (Å²) in [6, 6.07) is 12.7. The molecule has 0 aliphatic carbocycles. The van der Waals surface area contributed by atoms with Crippen LogP contribution in [0.5, 0.6) is 5.75 Å². The van der Waals surface area contributed by atoms with Crippen LogP contribution in [0.25, 0.3) is 11.1 Å². The number of benzene rings is 2. The van der Waals surface area contributed by atoms with E-state index in [9.17, 15) is 8.42 Å². The molecule has 0 spiro atoms. The summed E-state index contributed by atoms with van der Waals surface area (Å²) in [6.45, 7) is 5.91. The van der Waals surface area contributed by atoms with Crippen LogP contribution in [0.15, 0.2) is 64.3 Å². The van der Waals surface area contributed by atoms with Crippen LogP contribution >= 0.6 is 11.6 Å². The third kappa shape index (κ3) is 4.72. The molecule has 4 rings (SSSR count). The number of nitrogens with zero attached hydrogens (tertiary/aromatic N) is 1. The molecule has 2 N–H and O–H groups in total. The second kappa shape index (κ2) is 9.05. The largest absolute Gasteiger partial charge is 0.495 e. The molecular formula is C23H26ClN3O4S. The maximum absolute atomic E-state index is 13.2. The third-order valence-electron chi connectivity index (χ3n) is 5.43. The lowest BCUT2D eigenvalue weighted by molar-refractivity contribution is 0.406. The molecule has 1 aliphatic heterocycles. The highest BCUT2D eigenvalue weighted by Gasteiger charge is 2.24. The molecule has 7 nitrogen and oxygen atoms in total. The monoisotopic (exact) mass is 475 g/mol. The SMILES string of the molecule is COc1ccc(N2C[C@@H](C)N[C@@H](C)C2)cc1NS(=O)(=O)c1ccc(-c2ccoc2)cc1Cl. The Morgan fingerprint density at radius 3 is 2.47 bits per heavy atom. The van der Waals surface area contributed by atoms with Crippen LogP contribution in [0.2, 0.25) is 5.02 Å². The number of methoxy groups -OCH3 is 1. The van der Waals surface area contributed by atoms with Crippen LogP contribution in [-0.4, -0.2) is 40.7 Å². The van der Waals surface area contributed by atoms with Gasteiger partial charge in [0.25, 0.3) is 10.0 Å². The summed E-state index contributed by atoms with van der Waals surface area (Å²) >= 11 is 6.36. The molecule has 2 aromatic carbocycles. The van der Waals surface area contributed by atoms with Crippen LogP contribution in [0.3, 0.4) is 0 Å². The van der Waals surface area contributed by atoms with E-state index in [1.165, 1.54) is 13.2 Å². The molecule has 2 heterocycles. The summed E-state index contributed by atoms with van der Waals surface area (Å²) in [5, 5.41) is 3.62. The third-order valence-corrected chi connectivity index (χ3v) is 7.27. The fraction of sp³-hybridized carbons (Fsp3) is 0.304. The van der Waals surface area contributed by atoms with Crippen LogP contribution in [0, 0.1) is 0 Å². The van der Waals surface area contributed by atoms with Crippen LogP contribution < -0.4 is 19.7 Å². The Bertz CT molecular complexity index is 1190. The first-order chi connectivity index (χ1) is 15.3. The molecule has 0 saturated carbocycles. The van der Waals surface area contributed by atoms with Gasteiger partial charge in [-0.05, 0) is 55.8 Å². The lowest BCUT2D eigenvalue weighted by atomic mass is 10.1. The van der Waals surface area contributed by atoms with Crippen LogP contribution in [0.4, 0.5) is 11.4 Å². The fourth-order valence-corrected chi connectivity index (χ4v) is 5.64. The maximum Gasteiger partial charge on any atom is 0.263 e. The van der Waals surface area contributed by atoms with Crippen molar-refractivity contribution in [3.63, 3.8) is 0 Å². The lowest BCUT2D eigenvalue weighted by Gasteiger charge is -2.38. The van der Waals surface area contributed by atoms with Crippen molar-refractivity contribution in [2.24, 2.45) is 0 Å². The predicted molar refractivity (Wildman–Crippen MR) is 127 cm³/mol. The fourth-order valence-electron chi connectivity index (χ4n) is 4.04. The Hall–Kier alpha value is -2.68. The summed E-state index contributed by atoms with van der Waals surface area (Å²) in [6.07, 6.45) is 3.13. The van der Waals surface area contributed by atoms with Crippen molar-refractivity contribution < 1.29 is 17.6 Å². The highest BCUT2D eigenvalue weighted by molar-refractivity contribution is 7.92. The normalized spacial score (nSPS) is 19.1. The molecule has 170 valence electrons. The van der Waals surface area contributed by atoms with Gasteiger partial charge in [-0.15, -0.1) is 0 Å². The van der Waals surface area contributed by atoms with E-state index < -0.39 is 10.0 Å². The minimum absolute atomic E-state index is 0.0108. The van der Waals surface area contributed by atoms with Gasteiger partial charge in [0.15, 0.2) is 0 Å². The molecule has 0 bridgehead atoms. The average Bonchev–Trinajstić information content (AvgIpc) is 3.27. The van der Waals surface area contributed by atoms with Crippen molar-refractivity contribution in [1.82, 2.24) is 5.32 Å². The van der Waals surface area contributed by atoms with Crippen molar-refractivity contribution in [3.05, 3.63) is 60.0 Å². The van der Waals surface area contributed by atoms with Gasteiger partial charge in [-0.1, -0.05) is 17.7 Å². The summed E-state index contributed by atoms with van der Waals surface area (Å²) in [5.74, 6) is 0.430. The van der Waals surface area contributed by atoms with Gasteiger partial charge < -0.3 is 19.4 Å². The van der Waals surface area contributed by atoms with Crippen molar-refractivity contribution in [2.45, 2.75) is 30.8 Å². The predicted octanol–water partition coefficient (Wildman–Crippen LogP) is 4.60. The van der Waals surface area contributed by atoms with E-state index in [0.717, 1.165) is 29.9 Å². The summed E-state index contributed by atoms with van der Waals surface area (Å²) < 4.78 is 39.5. The lowest BCUT2D eigenvalue weighted by Crippen LogP contribution is -2.54. The van der Waals surface area contributed by atoms with Gasteiger partial charge in [-0.2, -0.15) is 0 Å². The van der Waals surface area contributed by atoms with Gasteiger partial charge in [0, 0.05) is 36.4 Å². The van der Waals surface area contributed by atoms with Gasteiger partial charge in [-0.3, -0.25) is 4.72 Å². The Balaban J connectivity index is 1.64. The van der Waals surface area contributed by atoms with Crippen molar-refractivity contribution in [2.75, 3.05) is 29.8 Å². The Kier molecular flexibility index (Phi) is 6.37. The standard InChI is InChI=1S/C23H26ClN3O4S/c1-15-12-27(13-16(2)25-15)19-5-6-22(30-3)21(11-19)26-32(28,29)23-7-4-17(10-20(23)24)18-8-9-31-14-18/h4-11,14-16,25-26H,12-13H2,1-3H3/t15-,16+. The van der Waals surface area contributed by atoms with Gasteiger partial charge in [0.1, 0.15) is 10.6 Å². The van der Waals surface area contributed by atoms with E-state index in [0.29, 0.717) is 23.5 Å². The topological polar surface area (TPSA) is 83.8 Å². The summed E-state index contributed by atoms with van der Waals surface area (Å²) in [4.78, 5) is 2.22. The summed E-state index contributed by atoms with van der Waals surface area (Å²) in [5.41, 5.74) is 2.87. The molecule has 1 aromatic heterocycles. The number of ether oxygens (including phenoxy) is 1. The van der Waals surface area contributed by atoms with Gasteiger partial charge in [0.05, 0.1) is 30.3 Å². The zero-order valence-corrected chi connectivity index (χ0v) is 19.7. The number of furan rings is 1. The van der Waals surface area contributed by atoms with Gasteiger partial charge in [0.2, 0.25) is 0 Å². The highest BCUT2D eigenvalue weighted by atomic mass is 35.5. The Morgan fingerprint density at radius 2 is 1.84 bits per heavy atom. The first kappa shape index (κ1) is 22.5. The van der Waals surface area contributed by atoms with E-state index in [1.807, 2.05) is 6.07 Å². The smallest absolute Gasteiger partial charge is 0.263 e. The maximum atomic E-state index is 13.2. The number of sulfonamides is 1. The number of halogens is 1. The number of nitrogens with one attached hydrogen (secondary N) is 2. The van der Waals surface area contributed by atoms with E-state index in [-0.39, 0.29) is 9.92 Å². The number of piperazine rings is 1. The van der Waals surface area contributed by atoms with E-state index in [1.54, 1.807) is 42.9 Å². The van der Waals surface area contributed by atoms with Crippen LogP contribution in [0.1, 0.15) is 13.8 Å². The van der Waals surface area contributed by atoms with Crippen molar-refractivity contribution in [3.8, 4) is 16.9 Å². The molecule has 3 aromatic rings. The molecule has 0 unspecified atom stereocenters. The molecular weight excluding hydrogens is 450 g/mol. The zero-order chi connectivity index (χ0) is 22.9. The Morgan fingerprint density at radius 1 is 1.09 bits per heavy atom. The molecule has 1 aliphatic rings. The Labute approximate surface area is 193 Å².